The van der Waals surface area contributed by atoms with E-state index in [9.17, 15) is 0 Å². The van der Waals surface area contributed by atoms with Crippen LogP contribution in [-0.2, 0) is 0 Å². The molecule has 6 heteroatoms. The van der Waals surface area contributed by atoms with Crippen LogP contribution in [0.15, 0.2) is 23.2 Å². The van der Waals surface area contributed by atoms with Crippen LogP contribution in [0.5, 0.6) is 11.5 Å². The molecule has 0 bridgehead atoms. The molecule has 1 aromatic carbocycles. The van der Waals surface area contributed by atoms with Crippen molar-refractivity contribution in [1.29, 1.82) is 0 Å². The van der Waals surface area contributed by atoms with Crippen LogP contribution in [0.2, 0.25) is 0 Å². The van der Waals surface area contributed by atoms with E-state index in [0.29, 0.717) is 11.5 Å². The summed E-state index contributed by atoms with van der Waals surface area (Å²) >= 11 is 5.50. The van der Waals surface area contributed by atoms with E-state index >= 15 is 0 Å². The number of benzene rings is 1. The smallest absolute Gasteiger partial charge is 0.161 e. The number of hydrogen-bond donors (Lipinski definition) is 2. The number of hydrogen-bond acceptors (Lipinski definition) is 5. The summed E-state index contributed by atoms with van der Waals surface area (Å²) in [6.45, 7) is 0. The Balaban J connectivity index is 1.97. The fraction of sp³-hybridized carbons (Fsp3) is 0.500. The second-order valence-electron chi connectivity index (χ2n) is 5.70. The molecule has 0 radical (unpaired) electrons. The Morgan fingerprint density at radius 1 is 1.05 bits per heavy atom. The topological polar surface area (TPSA) is 54.9 Å². The van der Waals surface area contributed by atoms with E-state index in [-0.39, 0.29) is 5.54 Å². The van der Waals surface area contributed by atoms with E-state index < -0.39 is 0 Å². The molecule has 1 heterocycles. The lowest BCUT2D eigenvalue weighted by Gasteiger charge is -2.38. The largest absolute Gasteiger partial charge is 0.493 e. The number of ether oxygens (including phenoxy) is 2. The van der Waals surface area contributed by atoms with Crippen LogP contribution in [0, 0.1) is 0 Å². The van der Waals surface area contributed by atoms with Crippen LogP contribution in [0.25, 0.3) is 0 Å². The second-order valence-corrected chi connectivity index (χ2v) is 6.11. The van der Waals surface area contributed by atoms with Crippen LogP contribution in [-0.4, -0.2) is 30.6 Å². The Kier molecular flexibility index (Phi) is 4.20. The van der Waals surface area contributed by atoms with Crippen LogP contribution in [0.3, 0.4) is 0 Å². The van der Waals surface area contributed by atoms with E-state index in [1.807, 2.05) is 18.2 Å². The molecule has 2 N–H and O–H groups in total. The summed E-state index contributed by atoms with van der Waals surface area (Å²) in [5.41, 5.74) is 6.95. The van der Waals surface area contributed by atoms with Gasteiger partial charge in [0, 0.05) is 5.56 Å². The van der Waals surface area contributed by atoms with Gasteiger partial charge in [0.1, 0.15) is 16.4 Å². The molecule has 118 valence electrons. The molecule has 5 nitrogen and oxygen atoms in total. The van der Waals surface area contributed by atoms with Crippen LogP contribution < -0.4 is 20.3 Å². The van der Waals surface area contributed by atoms with Gasteiger partial charge in [0.2, 0.25) is 0 Å². The van der Waals surface area contributed by atoms with Crippen LogP contribution in [0.1, 0.15) is 37.7 Å². The Hall–Kier alpha value is -1.82. The fourth-order valence-corrected chi connectivity index (χ4v) is 3.42. The minimum atomic E-state index is -0.249. The fourth-order valence-electron chi connectivity index (χ4n) is 3.12. The summed E-state index contributed by atoms with van der Waals surface area (Å²) in [5, 5.41) is 0. The first kappa shape index (κ1) is 15.1. The van der Waals surface area contributed by atoms with Crippen molar-refractivity contribution in [1.82, 2.24) is 10.9 Å². The standard InChI is InChI=1S/C16H21N3O2S/c1-20-12-7-6-11(10-13(12)21-2)14-17-16(15(22)19-18-14)8-4-3-5-9-16/h6-7,10H,3-5,8-9H2,1-2H3,(H,17,18)(H,19,22). The Bertz CT molecular complexity index is 609. The third-order valence-electron chi connectivity index (χ3n) is 4.38. The number of thiocarbonyl (C=S) groups is 1. The number of nitrogens with one attached hydrogen (secondary N) is 2. The van der Waals surface area contributed by atoms with Gasteiger partial charge < -0.3 is 9.47 Å². The zero-order valence-electron chi connectivity index (χ0n) is 12.9. The van der Waals surface area contributed by atoms with Gasteiger partial charge in [-0.15, -0.1) is 0 Å². The van der Waals surface area contributed by atoms with Crippen molar-refractivity contribution in [2.75, 3.05) is 14.2 Å². The van der Waals surface area contributed by atoms with Crippen molar-refractivity contribution in [3.63, 3.8) is 0 Å². The number of amidine groups is 1. The van der Waals surface area contributed by atoms with Gasteiger partial charge in [-0.2, -0.15) is 0 Å². The van der Waals surface area contributed by atoms with E-state index in [4.69, 9.17) is 26.7 Å². The minimum absolute atomic E-state index is 0.249. The molecule has 1 aliphatic carbocycles. The zero-order valence-corrected chi connectivity index (χ0v) is 13.8. The molecular weight excluding hydrogens is 298 g/mol. The zero-order chi connectivity index (χ0) is 15.6. The molecule has 1 aliphatic heterocycles. The normalized spacial score (nSPS) is 19.9. The van der Waals surface area contributed by atoms with Gasteiger partial charge in [0.15, 0.2) is 11.5 Å². The summed E-state index contributed by atoms with van der Waals surface area (Å²) in [6, 6.07) is 5.79. The monoisotopic (exact) mass is 319 g/mol. The van der Waals surface area contributed by atoms with Crippen molar-refractivity contribution in [3.8, 4) is 11.5 Å². The van der Waals surface area contributed by atoms with E-state index in [0.717, 1.165) is 29.2 Å². The molecular formula is C16H21N3O2S. The van der Waals surface area contributed by atoms with Gasteiger partial charge in [-0.3, -0.25) is 15.8 Å². The molecule has 0 aromatic heterocycles. The summed E-state index contributed by atoms with van der Waals surface area (Å²) in [7, 11) is 3.26. The van der Waals surface area contributed by atoms with Gasteiger partial charge in [0.25, 0.3) is 0 Å². The number of methoxy groups -OCH3 is 2. The average molecular weight is 319 g/mol. The Morgan fingerprint density at radius 3 is 2.45 bits per heavy atom. The molecule has 0 atom stereocenters. The van der Waals surface area contributed by atoms with Gasteiger partial charge >= 0.3 is 0 Å². The average Bonchev–Trinajstić information content (AvgIpc) is 2.57. The molecule has 3 rings (SSSR count). The van der Waals surface area contributed by atoms with Crippen LogP contribution >= 0.6 is 12.2 Å². The van der Waals surface area contributed by atoms with Crippen molar-refractivity contribution in [2.24, 2.45) is 4.99 Å². The van der Waals surface area contributed by atoms with Gasteiger partial charge in [0.05, 0.1) is 14.2 Å². The number of rotatable bonds is 3. The molecule has 22 heavy (non-hydrogen) atoms. The summed E-state index contributed by atoms with van der Waals surface area (Å²) in [5.74, 6) is 2.20. The van der Waals surface area contributed by atoms with Crippen LogP contribution in [0.4, 0.5) is 0 Å². The molecule has 0 amide bonds. The van der Waals surface area contributed by atoms with Gasteiger partial charge in [-0.25, -0.2) is 0 Å². The lowest BCUT2D eigenvalue weighted by Crippen LogP contribution is -2.57. The third kappa shape index (κ3) is 2.63. The van der Waals surface area contributed by atoms with Crippen molar-refractivity contribution < 1.29 is 9.47 Å². The molecule has 1 saturated carbocycles. The quantitative estimate of drug-likeness (QED) is 0.839. The van der Waals surface area contributed by atoms with Crippen molar-refractivity contribution >= 4 is 23.0 Å². The predicted molar refractivity (Wildman–Crippen MR) is 90.8 cm³/mol. The molecule has 0 unspecified atom stereocenters. The lowest BCUT2D eigenvalue weighted by atomic mass is 9.81. The molecule has 1 spiro atoms. The molecule has 2 aliphatic rings. The first-order chi connectivity index (χ1) is 10.7. The van der Waals surface area contributed by atoms with Crippen molar-refractivity contribution in [3.05, 3.63) is 23.8 Å². The number of nitrogens with zero attached hydrogens (tertiary/aromatic N) is 1. The maximum absolute atomic E-state index is 5.50. The maximum atomic E-state index is 5.50. The maximum Gasteiger partial charge on any atom is 0.161 e. The van der Waals surface area contributed by atoms with E-state index in [1.165, 1.54) is 19.3 Å². The SMILES string of the molecule is COc1ccc(C2=NC3(CCCCC3)C(=S)NN2)cc1OC. The Labute approximate surface area is 136 Å². The highest BCUT2D eigenvalue weighted by molar-refractivity contribution is 7.80. The van der Waals surface area contributed by atoms with Gasteiger partial charge in [-0.05, 0) is 31.0 Å². The van der Waals surface area contributed by atoms with E-state index in [2.05, 4.69) is 10.9 Å². The second kappa shape index (κ2) is 6.12. The third-order valence-corrected chi connectivity index (χ3v) is 4.86. The lowest BCUT2D eigenvalue weighted by molar-refractivity contribution is 0.354. The summed E-state index contributed by atoms with van der Waals surface area (Å²) in [6.07, 6.45) is 5.63. The minimum Gasteiger partial charge on any atom is -0.493 e. The first-order valence-electron chi connectivity index (χ1n) is 7.57. The molecule has 1 fully saturated rings. The molecule has 1 aromatic rings. The molecule has 0 saturated heterocycles. The number of aliphatic imine (C=N–C) groups is 1. The van der Waals surface area contributed by atoms with Gasteiger partial charge in [-0.1, -0.05) is 31.5 Å². The summed E-state index contributed by atoms with van der Waals surface area (Å²) < 4.78 is 10.7. The number of hydrazine groups is 1. The first-order valence-corrected chi connectivity index (χ1v) is 7.98. The summed E-state index contributed by atoms with van der Waals surface area (Å²) in [4.78, 5) is 5.76. The predicted octanol–water partition coefficient (Wildman–Crippen LogP) is 2.59. The highest BCUT2D eigenvalue weighted by Crippen LogP contribution is 2.35. The van der Waals surface area contributed by atoms with E-state index in [1.54, 1.807) is 14.2 Å². The Morgan fingerprint density at radius 2 is 1.77 bits per heavy atom. The highest BCUT2D eigenvalue weighted by Gasteiger charge is 2.39. The highest BCUT2D eigenvalue weighted by atomic mass is 32.1. The van der Waals surface area contributed by atoms with Crippen molar-refractivity contribution in [2.45, 2.75) is 37.6 Å².